The van der Waals surface area contributed by atoms with E-state index in [2.05, 4.69) is 5.32 Å². The third-order valence-corrected chi connectivity index (χ3v) is 4.32. The molecule has 2 N–H and O–H groups in total. The predicted octanol–water partition coefficient (Wildman–Crippen LogP) is 4.57. The number of hydrogen-bond acceptors (Lipinski definition) is 2. The molecule has 0 fully saturated rings. The van der Waals surface area contributed by atoms with Crippen molar-refractivity contribution in [3.05, 3.63) is 104 Å². The van der Waals surface area contributed by atoms with E-state index in [1.165, 1.54) is 0 Å². The highest BCUT2D eigenvalue weighted by molar-refractivity contribution is 6.30. The summed E-state index contributed by atoms with van der Waals surface area (Å²) in [4.78, 5) is 26.3. The van der Waals surface area contributed by atoms with Gasteiger partial charge in [-0.25, -0.2) is 0 Å². The molecule has 1 aromatic heterocycles. The highest BCUT2D eigenvalue weighted by atomic mass is 35.5. The maximum Gasteiger partial charge on any atom is 0.431 e. The zero-order valence-electron chi connectivity index (χ0n) is 14.3. The van der Waals surface area contributed by atoms with E-state index < -0.39 is 34.9 Å². The van der Waals surface area contributed by atoms with Crippen LogP contribution in [0.25, 0.3) is 0 Å². The maximum absolute atomic E-state index is 12.7. The van der Waals surface area contributed by atoms with Gasteiger partial charge in [-0.05, 0) is 35.4 Å². The lowest BCUT2D eigenvalue weighted by Gasteiger charge is -2.20. The van der Waals surface area contributed by atoms with Gasteiger partial charge in [-0.2, -0.15) is 13.2 Å². The number of rotatable bonds is 4. The fourth-order valence-corrected chi connectivity index (χ4v) is 2.81. The van der Waals surface area contributed by atoms with Gasteiger partial charge >= 0.3 is 6.18 Å². The van der Waals surface area contributed by atoms with Gasteiger partial charge in [0.2, 0.25) is 0 Å². The summed E-state index contributed by atoms with van der Waals surface area (Å²) in [6.45, 7) is 0. The summed E-state index contributed by atoms with van der Waals surface area (Å²) in [5.74, 6) is -0.793. The molecular formula is C20H14ClF3N2O2. The quantitative estimate of drug-likeness (QED) is 0.667. The Morgan fingerprint density at radius 2 is 1.54 bits per heavy atom. The number of H-pyrrole nitrogens is 1. The number of nitrogens with one attached hydrogen (secondary N) is 2. The maximum atomic E-state index is 12.7. The lowest BCUT2D eigenvalue weighted by atomic mass is 9.98. The second-order valence-corrected chi connectivity index (χ2v) is 6.42. The predicted molar refractivity (Wildman–Crippen MR) is 99.3 cm³/mol. The van der Waals surface area contributed by atoms with Gasteiger partial charge in [0.25, 0.3) is 11.5 Å². The number of aromatic nitrogens is 1. The molecule has 1 heterocycles. The van der Waals surface area contributed by atoms with Crippen LogP contribution in [-0.4, -0.2) is 10.9 Å². The summed E-state index contributed by atoms with van der Waals surface area (Å²) in [6.07, 6.45) is -4.70. The van der Waals surface area contributed by atoms with Crippen molar-refractivity contribution >= 4 is 17.5 Å². The Balaban J connectivity index is 1.94. The minimum Gasteiger partial charge on any atom is -0.341 e. The fourth-order valence-electron chi connectivity index (χ4n) is 2.69. The standard InChI is InChI=1S/C20H14ClF3N2O2/c21-14-8-6-13(7-9-14)17(12-4-2-1-3-5-12)26-19(28)15-10-11-16(20(22,23)24)25-18(15)27/h1-11,17H,(H,25,27)(H,26,28). The average molecular weight is 407 g/mol. The van der Waals surface area contributed by atoms with Crippen LogP contribution in [0.1, 0.15) is 33.2 Å². The number of aromatic amines is 1. The summed E-state index contributed by atoms with van der Waals surface area (Å²) in [5, 5.41) is 3.22. The van der Waals surface area contributed by atoms with Gasteiger partial charge in [-0.15, -0.1) is 0 Å². The Kier molecular flexibility index (Phi) is 5.56. The molecule has 4 nitrogen and oxygen atoms in total. The number of alkyl halides is 3. The number of benzene rings is 2. The summed E-state index contributed by atoms with van der Waals surface area (Å²) in [6, 6.07) is 16.6. The molecule has 3 rings (SSSR count). The highest BCUT2D eigenvalue weighted by Gasteiger charge is 2.32. The van der Waals surface area contributed by atoms with Crippen LogP contribution in [0, 0.1) is 0 Å². The highest BCUT2D eigenvalue weighted by Crippen LogP contribution is 2.27. The summed E-state index contributed by atoms with van der Waals surface area (Å²) in [5.41, 5.74) is -1.31. The van der Waals surface area contributed by atoms with Crippen LogP contribution in [0.4, 0.5) is 13.2 Å². The van der Waals surface area contributed by atoms with Gasteiger partial charge in [-0.3, -0.25) is 9.59 Å². The molecule has 0 radical (unpaired) electrons. The minimum atomic E-state index is -4.70. The van der Waals surface area contributed by atoms with Crippen molar-refractivity contribution in [1.82, 2.24) is 10.3 Å². The Hall–Kier alpha value is -3.06. The van der Waals surface area contributed by atoms with Crippen LogP contribution in [0.2, 0.25) is 5.02 Å². The fraction of sp³-hybridized carbons (Fsp3) is 0.100. The van der Waals surface area contributed by atoms with E-state index in [-0.39, 0.29) is 0 Å². The van der Waals surface area contributed by atoms with Crippen molar-refractivity contribution < 1.29 is 18.0 Å². The SMILES string of the molecule is O=C(NC(c1ccccc1)c1ccc(Cl)cc1)c1ccc(C(F)(F)F)[nH]c1=O. The molecular weight excluding hydrogens is 393 g/mol. The largest absolute Gasteiger partial charge is 0.431 e. The van der Waals surface area contributed by atoms with Crippen LogP contribution in [0.5, 0.6) is 0 Å². The second kappa shape index (κ2) is 7.90. The van der Waals surface area contributed by atoms with Crippen LogP contribution >= 0.6 is 11.6 Å². The Bertz CT molecular complexity index is 1030. The van der Waals surface area contributed by atoms with E-state index in [0.717, 1.165) is 11.6 Å². The molecule has 1 amide bonds. The van der Waals surface area contributed by atoms with Crippen molar-refractivity contribution in [3.8, 4) is 0 Å². The van der Waals surface area contributed by atoms with Gasteiger partial charge in [0.1, 0.15) is 11.3 Å². The Labute approximate surface area is 163 Å². The van der Waals surface area contributed by atoms with Gasteiger partial charge < -0.3 is 10.3 Å². The van der Waals surface area contributed by atoms with Crippen LogP contribution in [0.15, 0.2) is 71.5 Å². The molecule has 0 saturated heterocycles. The Morgan fingerprint density at radius 1 is 0.929 bits per heavy atom. The number of carbonyl (C=O) groups is 1. The van der Waals surface area contributed by atoms with Crippen molar-refractivity contribution in [3.63, 3.8) is 0 Å². The summed E-state index contributed by atoms with van der Waals surface area (Å²) in [7, 11) is 0. The molecule has 0 saturated carbocycles. The number of halogens is 4. The number of pyridine rings is 1. The normalized spacial score (nSPS) is 12.4. The second-order valence-electron chi connectivity index (χ2n) is 5.98. The number of carbonyl (C=O) groups excluding carboxylic acids is 1. The molecule has 2 aromatic carbocycles. The van der Waals surface area contributed by atoms with Crippen LogP contribution in [0.3, 0.4) is 0 Å². The van der Waals surface area contributed by atoms with E-state index in [4.69, 9.17) is 11.6 Å². The van der Waals surface area contributed by atoms with Crippen LogP contribution < -0.4 is 10.9 Å². The number of hydrogen-bond donors (Lipinski definition) is 2. The van der Waals surface area contributed by atoms with Crippen molar-refractivity contribution in [2.45, 2.75) is 12.2 Å². The Morgan fingerprint density at radius 3 is 2.11 bits per heavy atom. The third-order valence-electron chi connectivity index (χ3n) is 4.07. The summed E-state index contributed by atoms with van der Waals surface area (Å²) >= 11 is 5.91. The lowest BCUT2D eigenvalue weighted by molar-refractivity contribution is -0.141. The smallest absolute Gasteiger partial charge is 0.341 e. The first kappa shape index (κ1) is 19.7. The van der Waals surface area contributed by atoms with Crippen molar-refractivity contribution in [2.24, 2.45) is 0 Å². The summed E-state index contributed by atoms with van der Waals surface area (Å²) < 4.78 is 38.1. The lowest BCUT2D eigenvalue weighted by Crippen LogP contribution is -2.34. The first-order valence-corrected chi connectivity index (χ1v) is 8.55. The first-order valence-electron chi connectivity index (χ1n) is 8.17. The molecule has 1 atom stereocenters. The van der Waals surface area contributed by atoms with Gasteiger partial charge in [-0.1, -0.05) is 54.1 Å². The van der Waals surface area contributed by atoms with E-state index in [1.807, 2.05) is 6.07 Å². The van der Waals surface area contributed by atoms with E-state index >= 15 is 0 Å². The van der Waals surface area contributed by atoms with Gasteiger partial charge in [0, 0.05) is 5.02 Å². The average Bonchev–Trinajstić information content (AvgIpc) is 2.66. The number of amides is 1. The molecule has 0 aliphatic heterocycles. The zero-order valence-corrected chi connectivity index (χ0v) is 15.0. The molecule has 3 aromatic rings. The van der Waals surface area contributed by atoms with Gasteiger partial charge in [0.15, 0.2) is 0 Å². The topological polar surface area (TPSA) is 62.0 Å². The van der Waals surface area contributed by atoms with E-state index in [9.17, 15) is 22.8 Å². The minimum absolute atomic E-state index is 0.414. The molecule has 1 unspecified atom stereocenters. The zero-order chi connectivity index (χ0) is 20.3. The molecule has 0 spiro atoms. The van der Waals surface area contributed by atoms with Gasteiger partial charge in [0.05, 0.1) is 6.04 Å². The third kappa shape index (κ3) is 4.43. The van der Waals surface area contributed by atoms with Crippen molar-refractivity contribution in [2.75, 3.05) is 0 Å². The van der Waals surface area contributed by atoms with Crippen molar-refractivity contribution in [1.29, 1.82) is 0 Å². The van der Waals surface area contributed by atoms with Crippen LogP contribution in [-0.2, 0) is 6.18 Å². The monoisotopic (exact) mass is 406 g/mol. The van der Waals surface area contributed by atoms with E-state index in [1.54, 1.807) is 53.5 Å². The molecule has 28 heavy (non-hydrogen) atoms. The molecule has 0 bridgehead atoms. The molecule has 0 aliphatic rings. The molecule has 0 aliphatic carbocycles. The molecule has 8 heteroatoms. The van der Waals surface area contributed by atoms with E-state index in [0.29, 0.717) is 16.7 Å². The molecule has 144 valence electrons. The first-order chi connectivity index (χ1) is 13.3.